The average molecular weight is 361 g/mol. The SMILES string of the molecule is Cc1nccc2nc(NCCN3CCC(Cc4ccccc4)CC3)ccc12. The van der Waals surface area contributed by atoms with Crippen LogP contribution in [0.2, 0.25) is 0 Å². The number of benzene rings is 1. The van der Waals surface area contributed by atoms with E-state index in [1.165, 1.54) is 37.9 Å². The van der Waals surface area contributed by atoms with Gasteiger partial charge in [-0.1, -0.05) is 30.3 Å². The Hall–Kier alpha value is -2.46. The summed E-state index contributed by atoms with van der Waals surface area (Å²) in [5.74, 6) is 1.78. The van der Waals surface area contributed by atoms with Crippen LogP contribution >= 0.6 is 0 Å². The van der Waals surface area contributed by atoms with Crippen LogP contribution in [0, 0.1) is 12.8 Å². The van der Waals surface area contributed by atoms with Crippen molar-refractivity contribution in [2.75, 3.05) is 31.5 Å². The minimum absolute atomic E-state index is 0.829. The number of fused-ring (bicyclic) bond motifs is 1. The number of piperidine rings is 1. The molecule has 1 fully saturated rings. The van der Waals surface area contributed by atoms with Crippen LogP contribution in [0.4, 0.5) is 5.82 Å². The minimum Gasteiger partial charge on any atom is -0.369 e. The van der Waals surface area contributed by atoms with E-state index in [1.54, 1.807) is 0 Å². The van der Waals surface area contributed by atoms with Gasteiger partial charge in [0.2, 0.25) is 0 Å². The highest BCUT2D eigenvalue weighted by Crippen LogP contribution is 2.21. The van der Waals surface area contributed by atoms with Crippen LogP contribution < -0.4 is 5.32 Å². The van der Waals surface area contributed by atoms with Gasteiger partial charge in [0.25, 0.3) is 0 Å². The molecule has 0 aliphatic carbocycles. The van der Waals surface area contributed by atoms with E-state index in [4.69, 9.17) is 4.98 Å². The lowest BCUT2D eigenvalue weighted by Gasteiger charge is -2.32. The summed E-state index contributed by atoms with van der Waals surface area (Å²) < 4.78 is 0. The number of aromatic nitrogens is 2. The molecule has 0 saturated carbocycles. The Kier molecular flexibility index (Phi) is 5.64. The molecule has 0 atom stereocenters. The number of pyridine rings is 2. The zero-order valence-corrected chi connectivity index (χ0v) is 16.1. The molecule has 2 aromatic heterocycles. The standard InChI is InChI=1S/C23H28N4/c1-18-21-7-8-23(26-22(21)9-12-24-18)25-13-16-27-14-10-20(11-15-27)17-19-5-3-2-4-6-19/h2-9,12,20H,10-11,13-17H2,1H3,(H,25,26). The maximum atomic E-state index is 4.71. The predicted octanol–water partition coefficient (Wildman–Crippen LogP) is 4.30. The second-order valence-electron chi connectivity index (χ2n) is 7.56. The van der Waals surface area contributed by atoms with Gasteiger partial charge in [-0.25, -0.2) is 4.98 Å². The molecule has 4 rings (SSSR count). The number of likely N-dealkylation sites (tertiary alicyclic amines) is 1. The molecule has 1 N–H and O–H groups in total. The quantitative estimate of drug-likeness (QED) is 0.711. The zero-order valence-electron chi connectivity index (χ0n) is 16.1. The number of nitrogens with one attached hydrogen (secondary N) is 1. The maximum absolute atomic E-state index is 4.71. The van der Waals surface area contributed by atoms with Crippen molar-refractivity contribution in [3.8, 4) is 0 Å². The first-order valence-electron chi connectivity index (χ1n) is 10.0. The zero-order chi connectivity index (χ0) is 18.5. The number of hydrogen-bond acceptors (Lipinski definition) is 4. The summed E-state index contributed by atoms with van der Waals surface area (Å²) in [4.78, 5) is 11.6. The Morgan fingerprint density at radius 3 is 2.67 bits per heavy atom. The molecule has 0 spiro atoms. The third-order valence-electron chi connectivity index (χ3n) is 5.62. The predicted molar refractivity (Wildman–Crippen MR) is 112 cm³/mol. The van der Waals surface area contributed by atoms with E-state index < -0.39 is 0 Å². The van der Waals surface area contributed by atoms with Crippen LogP contribution in [0.3, 0.4) is 0 Å². The molecule has 3 aromatic rings. The van der Waals surface area contributed by atoms with Crippen molar-refractivity contribution in [2.24, 2.45) is 5.92 Å². The first-order chi connectivity index (χ1) is 13.3. The van der Waals surface area contributed by atoms with E-state index in [1.807, 2.05) is 19.2 Å². The molecule has 4 nitrogen and oxygen atoms in total. The number of anilines is 1. The van der Waals surface area contributed by atoms with Crippen molar-refractivity contribution in [1.29, 1.82) is 0 Å². The fourth-order valence-corrected chi connectivity index (χ4v) is 4.00. The highest BCUT2D eigenvalue weighted by molar-refractivity contribution is 5.81. The maximum Gasteiger partial charge on any atom is 0.126 e. The molecule has 27 heavy (non-hydrogen) atoms. The molecule has 140 valence electrons. The molecule has 1 aliphatic heterocycles. The second kappa shape index (κ2) is 8.49. The van der Waals surface area contributed by atoms with Crippen LogP contribution in [-0.2, 0) is 6.42 Å². The van der Waals surface area contributed by atoms with E-state index in [0.717, 1.165) is 41.4 Å². The summed E-state index contributed by atoms with van der Waals surface area (Å²) in [6.45, 7) is 6.45. The number of rotatable bonds is 6. The molecule has 0 unspecified atom stereocenters. The van der Waals surface area contributed by atoms with Crippen LogP contribution in [0.25, 0.3) is 10.9 Å². The van der Waals surface area contributed by atoms with E-state index in [0.29, 0.717) is 0 Å². The largest absolute Gasteiger partial charge is 0.369 e. The third-order valence-corrected chi connectivity index (χ3v) is 5.62. The minimum atomic E-state index is 0.829. The van der Waals surface area contributed by atoms with Crippen molar-refractivity contribution in [3.63, 3.8) is 0 Å². The summed E-state index contributed by atoms with van der Waals surface area (Å²) in [6, 6.07) is 17.1. The molecule has 3 heterocycles. The highest BCUT2D eigenvalue weighted by atomic mass is 15.1. The monoisotopic (exact) mass is 360 g/mol. The first kappa shape index (κ1) is 17.9. The van der Waals surface area contributed by atoms with Gasteiger partial charge in [-0.3, -0.25) is 4.98 Å². The summed E-state index contributed by atoms with van der Waals surface area (Å²) >= 11 is 0. The van der Waals surface area contributed by atoms with Crippen LogP contribution in [0.1, 0.15) is 24.1 Å². The molecule has 0 radical (unpaired) electrons. The Bertz CT molecular complexity index is 870. The average Bonchev–Trinajstić information content (AvgIpc) is 2.70. The van der Waals surface area contributed by atoms with E-state index >= 15 is 0 Å². The van der Waals surface area contributed by atoms with Gasteiger partial charge in [0.05, 0.1) is 5.52 Å². The van der Waals surface area contributed by atoms with Gasteiger partial charge in [0.15, 0.2) is 0 Å². The van der Waals surface area contributed by atoms with Crippen molar-refractivity contribution < 1.29 is 0 Å². The molecule has 1 aromatic carbocycles. The van der Waals surface area contributed by atoms with Crippen molar-refractivity contribution >= 4 is 16.7 Å². The van der Waals surface area contributed by atoms with E-state index in [-0.39, 0.29) is 0 Å². The Labute approximate surface area is 161 Å². The molecular formula is C23H28N4. The Morgan fingerprint density at radius 1 is 1.04 bits per heavy atom. The fourth-order valence-electron chi connectivity index (χ4n) is 4.00. The smallest absolute Gasteiger partial charge is 0.126 e. The molecule has 4 heteroatoms. The Morgan fingerprint density at radius 2 is 1.85 bits per heavy atom. The summed E-state index contributed by atoms with van der Waals surface area (Å²) in [5.41, 5.74) is 3.52. The molecular weight excluding hydrogens is 332 g/mol. The first-order valence-corrected chi connectivity index (χ1v) is 10.0. The highest BCUT2D eigenvalue weighted by Gasteiger charge is 2.19. The van der Waals surface area contributed by atoms with Gasteiger partial charge < -0.3 is 10.2 Å². The summed E-state index contributed by atoms with van der Waals surface area (Å²) in [7, 11) is 0. The third kappa shape index (κ3) is 4.64. The van der Waals surface area contributed by atoms with Gasteiger partial charge >= 0.3 is 0 Å². The van der Waals surface area contributed by atoms with Gasteiger partial charge in [-0.05, 0) is 69.0 Å². The van der Waals surface area contributed by atoms with Gasteiger partial charge in [-0.2, -0.15) is 0 Å². The normalized spacial score (nSPS) is 15.9. The van der Waals surface area contributed by atoms with Crippen LogP contribution in [0.15, 0.2) is 54.7 Å². The number of nitrogens with zero attached hydrogens (tertiary/aromatic N) is 3. The summed E-state index contributed by atoms with van der Waals surface area (Å²) in [5, 5.41) is 4.61. The van der Waals surface area contributed by atoms with Crippen molar-refractivity contribution in [1.82, 2.24) is 14.9 Å². The van der Waals surface area contributed by atoms with Crippen LogP contribution in [0.5, 0.6) is 0 Å². The van der Waals surface area contributed by atoms with Gasteiger partial charge in [0, 0.05) is 30.4 Å². The van der Waals surface area contributed by atoms with Gasteiger partial charge in [-0.15, -0.1) is 0 Å². The molecule has 0 bridgehead atoms. The second-order valence-corrected chi connectivity index (χ2v) is 7.56. The van der Waals surface area contributed by atoms with E-state index in [2.05, 4.69) is 57.7 Å². The van der Waals surface area contributed by atoms with E-state index in [9.17, 15) is 0 Å². The summed E-state index contributed by atoms with van der Waals surface area (Å²) in [6.07, 6.45) is 5.65. The van der Waals surface area contributed by atoms with Gasteiger partial charge in [0.1, 0.15) is 5.82 Å². The van der Waals surface area contributed by atoms with Crippen LogP contribution in [-0.4, -0.2) is 41.0 Å². The molecule has 1 aliphatic rings. The lowest BCUT2D eigenvalue weighted by Crippen LogP contribution is -2.37. The van der Waals surface area contributed by atoms with Crippen molar-refractivity contribution in [3.05, 3.63) is 66.0 Å². The Balaban J connectivity index is 1.22. The topological polar surface area (TPSA) is 41.1 Å². The lowest BCUT2D eigenvalue weighted by molar-refractivity contribution is 0.190. The molecule has 0 amide bonds. The van der Waals surface area contributed by atoms with Crippen molar-refractivity contribution in [2.45, 2.75) is 26.2 Å². The fraction of sp³-hybridized carbons (Fsp3) is 0.391. The molecule has 1 saturated heterocycles. The number of hydrogen-bond donors (Lipinski definition) is 1. The number of aryl methyl sites for hydroxylation is 1. The lowest BCUT2D eigenvalue weighted by atomic mass is 9.90.